The first-order valence-corrected chi connectivity index (χ1v) is 8.38. The van der Waals surface area contributed by atoms with Gasteiger partial charge in [-0.25, -0.2) is 9.98 Å². The summed E-state index contributed by atoms with van der Waals surface area (Å²) in [7, 11) is 0. The summed E-state index contributed by atoms with van der Waals surface area (Å²) in [4.78, 5) is 21.6. The Morgan fingerprint density at radius 1 is 1.35 bits per heavy atom. The highest BCUT2D eigenvalue weighted by Crippen LogP contribution is 2.17. The molecule has 1 aromatic heterocycles. The van der Waals surface area contributed by atoms with Gasteiger partial charge in [-0.2, -0.15) is 0 Å². The first-order chi connectivity index (χ1) is 10.4. The fraction of sp³-hybridized carbons (Fsp3) is 0.667. The molecule has 0 radical (unpaired) electrons. The molecule has 23 heavy (non-hydrogen) atoms. The number of rotatable bonds is 7. The van der Waals surface area contributed by atoms with Crippen LogP contribution in [0.2, 0.25) is 0 Å². The highest BCUT2D eigenvalue weighted by atomic mass is 127. The maximum absolute atomic E-state index is 11.5. The zero-order valence-electron chi connectivity index (χ0n) is 14.4. The third kappa shape index (κ3) is 9.09. The summed E-state index contributed by atoms with van der Waals surface area (Å²) >= 11 is 1.66. The van der Waals surface area contributed by atoms with E-state index < -0.39 is 0 Å². The van der Waals surface area contributed by atoms with Crippen molar-refractivity contribution in [3.63, 3.8) is 0 Å². The molecule has 0 aliphatic rings. The Morgan fingerprint density at radius 2 is 2.04 bits per heavy atom. The van der Waals surface area contributed by atoms with Crippen molar-refractivity contribution in [2.24, 2.45) is 4.99 Å². The van der Waals surface area contributed by atoms with Gasteiger partial charge in [0.1, 0.15) is 0 Å². The van der Waals surface area contributed by atoms with E-state index in [1.807, 2.05) is 34.6 Å². The minimum absolute atomic E-state index is 0. The normalized spacial score (nSPS) is 11.1. The van der Waals surface area contributed by atoms with Crippen molar-refractivity contribution in [1.29, 1.82) is 0 Å². The number of halogens is 1. The topological polar surface area (TPSA) is 75.6 Å². The molecule has 0 aliphatic carbocycles. The average Bonchev–Trinajstić information content (AvgIpc) is 2.73. The second kappa shape index (κ2) is 11.6. The summed E-state index contributed by atoms with van der Waals surface area (Å²) in [6.07, 6.45) is 0.244. The molecular weight excluding hydrogens is 427 g/mol. The third-order valence-electron chi connectivity index (χ3n) is 2.71. The lowest BCUT2D eigenvalue weighted by Crippen LogP contribution is -2.38. The van der Waals surface area contributed by atoms with Crippen molar-refractivity contribution < 1.29 is 9.53 Å². The van der Waals surface area contributed by atoms with Gasteiger partial charge >= 0.3 is 5.97 Å². The highest BCUT2D eigenvalue weighted by Gasteiger charge is 2.07. The van der Waals surface area contributed by atoms with Crippen LogP contribution in [0.25, 0.3) is 0 Å². The lowest BCUT2D eigenvalue weighted by Gasteiger charge is -2.12. The van der Waals surface area contributed by atoms with Crippen LogP contribution in [0.1, 0.15) is 42.8 Å². The fourth-order valence-electron chi connectivity index (χ4n) is 1.82. The van der Waals surface area contributed by atoms with Crippen LogP contribution in [0.3, 0.4) is 0 Å². The largest absolute Gasteiger partial charge is 0.463 e. The third-order valence-corrected chi connectivity index (χ3v) is 3.77. The zero-order chi connectivity index (χ0) is 16.5. The van der Waals surface area contributed by atoms with Crippen LogP contribution in [0.4, 0.5) is 0 Å². The van der Waals surface area contributed by atoms with Crippen molar-refractivity contribution in [1.82, 2.24) is 15.6 Å². The van der Waals surface area contributed by atoms with Crippen molar-refractivity contribution >= 4 is 47.2 Å². The maximum atomic E-state index is 11.5. The van der Waals surface area contributed by atoms with Gasteiger partial charge in [0.25, 0.3) is 0 Å². The molecule has 132 valence electrons. The minimum atomic E-state index is -0.202. The van der Waals surface area contributed by atoms with E-state index in [0.717, 1.165) is 22.1 Å². The summed E-state index contributed by atoms with van der Waals surface area (Å²) in [6.45, 7) is 11.5. The predicted octanol–water partition coefficient (Wildman–Crippen LogP) is 2.77. The van der Waals surface area contributed by atoms with E-state index in [1.165, 1.54) is 0 Å². The summed E-state index contributed by atoms with van der Waals surface area (Å²) in [6, 6.07) is 0. The molecule has 0 aliphatic heterocycles. The molecule has 0 spiro atoms. The Kier molecular flexibility index (Phi) is 11.2. The van der Waals surface area contributed by atoms with E-state index in [-0.39, 0.29) is 36.0 Å². The van der Waals surface area contributed by atoms with Gasteiger partial charge in [-0.3, -0.25) is 4.79 Å². The number of aliphatic imine (C=N–C) groups is 1. The van der Waals surface area contributed by atoms with Crippen molar-refractivity contribution in [3.05, 3.63) is 15.6 Å². The number of guanidine groups is 1. The van der Waals surface area contributed by atoms with Gasteiger partial charge in [-0.15, -0.1) is 35.3 Å². The summed E-state index contributed by atoms with van der Waals surface area (Å²) in [5, 5.41) is 7.36. The van der Waals surface area contributed by atoms with Crippen molar-refractivity contribution in [2.75, 3.05) is 13.1 Å². The standard InChI is InChI=1S/C15H26N4O2S.HI/c1-6-16-15(17-8-7-14(20)21-10(2)3)18-9-13-11(4)19-12(5)22-13;/h10H,6-9H2,1-5H3,(H2,16,17,18);1H. The number of carbonyl (C=O) groups excluding carboxylic acids is 1. The van der Waals surface area contributed by atoms with Gasteiger partial charge in [0, 0.05) is 18.0 Å². The number of carbonyl (C=O) groups is 1. The molecule has 1 rings (SSSR count). The number of aryl methyl sites for hydroxylation is 2. The van der Waals surface area contributed by atoms with Gasteiger partial charge in [0.2, 0.25) is 0 Å². The SMILES string of the molecule is CCNC(=NCc1sc(C)nc1C)NCCC(=O)OC(C)C.I. The second-order valence-electron chi connectivity index (χ2n) is 5.15. The van der Waals surface area contributed by atoms with Crippen LogP contribution in [-0.2, 0) is 16.1 Å². The minimum Gasteiger partial charge on any atom is -0.463 e. The number of thiazole rings is 1. The van der Waals surface area contributed by atoms with Gasteiger partial charge in [-0.1, -0.05) is 0 Å². The summed E-state index contributed by atoms with van der Waals surface area (Å²) < 4.78 is 5.09. The first kappa shape index (κ1) is 22.1. The van der Waals surface area contributed by atoms with Crippen molar-refractivity contribution in [3.8, 4) is 0 Å². The molecule has 1 aromatic rings. The molecule has 6 nitrogen and oxygen atoms in total. The number of hydrogen-bond donors (Lipinski definition) is 2. The molecule has 0 aromatic carbocycles. The number of aromatic nitrogens is 1. The van der Waals surface area contributed by atoms with Crippen LogP contribution < -0.4 is 10.6 Å². The Morgan fingerprint density at radius 3 is 2.57 bits per heavy atom. The number of esters is 1. The van der Waals surface area contributed by atoms with Crippen LogP contribution in [-0.4, -0.2) is 36.1 Å². The van der Waals surface area contributed by atoms with E-state index in [4.69, 9.17) is 4.74 Å². The van der Waals surface area contributed by atoms with Crippen LogP contribution in [0.5, 0.6) is 0 Å². The Hall–Kier alpha value is -0.900. The molecule has 0 atom stereocenters. The van der Waals surface area contributed by atoms with Gasteiger partial charge < -0.3 is 15.4 Å². The zero-order valence-corrected chi connectivity index (χ0v) is 17.6. The summed E-state index contributed by atoms with van der Waals surface area (Å²) in [5.74, 6) is 0.498. The second-order valence-corrected chi connectivity index (χ2v) is 6.44. The number of ether oxygens (including phenoxy) is 1. The number of hydrogen-bond acceptors (Lipinski definition) is 5. The monoisotopic (exact) mass is 454 g/mol. The lowest BCUT2D eigenvalue weighted by molar-refractivity contribution is -0.147. The highest BCUT2D eigenvalue weighted by molar-refractivity contribution is 14.0. The van der Waals surface area contributed by atoms with Crippen LogP contribution in [0, 0.1) is 13.8 Å². The molecule has 0 unspecified atom stereocenters. The molecule has 0 saturated carbocycles. The van der Waals surface area contributed by atoms with E-state index in [0.29, 0.717) is 25.5 Å². The van der Waals surface area contributed by atoms with Crippen molar-refractivity contribution in [2.45, 2.75) is 53.7 Å². The van der Waals surface area contributed by atoms with E-state index in [2.05, 4.69) is 20.6 Å². The molecule has 1 heterocycles. The Balaban J connectivity index is 0.00000484. The van der Waals surface area contributed by atoms with Gasteiger partial charge in [0.05, 0.1) is 29.8 Å². The molecule has 0 bridgehead atoms. The smallest absolute Gasteiger partial charge is 0.307 e. The molecule has 0 amide bonds. The molecule has 2 N–H and O–H groups in total. The molecular formula is C15H27IN4O2S. The predicted molar refractivity (Wildman–Crippen MR) is 106 cm³/mol. The fourth-order valence-corrected chi connectivity index (χ4v) is 2.68. The Labute approximate surface area is 159 Å². The Bertz CT molecular complexity index is 518. The first-order valence-electron chi connectivity index (χ1n) is 7.57. The molecule has 8 heteroatoms. The number of nitrogens with zero attached hydrogens (tertiary/aromatic N) is 2. The molecule has 0 fully saturated rings. The van der Waals surface area contributed by atoms with E-state index >= 15 is 0 Å². The maximum Gasteiger partial charge on any atom is 0.307 e. The van der Waals surface area contributed by atoms with E-state index in [9.17, 15) is 4.79 Å². The lowest BCUT2D eigenvalue weighted by atomic mass is 10.4. The van der Waals surface area contributed by atoms with Gasteiger partial charge in [0.15, 0.2) is 5.96 Å². The average molecular weight is 454 g/mol. The van der Waals surface area contributed by atoms with Crippen LogP contribution >= 0.6 is 35.3 Å². The quantitative estimate of drug-likeness (QED) is 0.287. The number of nitrogens with one attached hydrogen (secondary N) is 2. The summed E-state index contributed by atoms with van der Waals surface area (Å²) in [5.41, 5.74) is 1.03. The molecule has 0 saturated heterocycles. The van der Waals surface area contributed by atoms with E-state index in [1.54, 1.807) is 11.3 Å². The van der Waals surface area contributed by atoms with Crippen LogP contribution in [0.15, 0.2) is 4.99 Å². The van der Waals surface area contributed by atoms with Gasteiger partial charge in [-0.05, 0) is 34.6 Å².